The summed E-state index contributed by atoms with van der Waals surface area (Å²) < 4.78 is 0. The molecule has 0 aromatic heterocycles. The number of nitrogens with one attached hydrogen (secondary N) is 1. The highest BCUT2D eigenvalue weighted by atomic mass is 16.2. The van der Waals surface area contributed by atoms with Crippen LogP contribution in [0.15, 0.2) is 24.3 Å². The molecule has 1 N–H and O–H groups in total. The third kappa shape index (κ3) is 3.64. The lowest BCUT2D eigenvalue weighted by Crippen LogP contribution is -2.41. The van der Waals surface area contributed by atoms with Crippen molar-refractivity contribution < 1.29 is 4.79 Å². The van der Waals surface area contributed by atoms with Gasteiger partial charge in [-0.25, -0.2) is 0 Å². The summed E-state index contributed by atoms with van der Waals surface area (Å²) in [4.78, 5) is 12.6. The van der Waals surface area contributed by atoms with Gasteiger partial charge in [0.1, 0.15) is 5.41 Å². The van der Waals surface area contributed by atoms with Crippen LogP contribution in [0.4, 0.5) is 0 Å². The van der Waals surface area contributed by atoms with Crippen LogP contribution in [0, 0.1) is 23.7 Å². The van der Waals surface area contributed by atoms with Crippen molar-refractivity contribution in [2.75, 3.05) is 0 Å². The summed E-state index contributed by atoms with van der Waals surface area (Å²) in [5.41, 5.74) is 1.46. The van der Waals surface area contributed by atoms with Crippen molar-refractivity contribution in [1.29, 1.82) is 5.26 Å². The molecule has 1 aliphatic carbocycles. The van der Waals surface area contributed by atoms with E-state index in [1.165, 1.54) is 5.56 Å². The molecule has 3 nitrogen and oxygen atoms in total. The molecule has 2 rings (SSSR count). The number of rotatable bonds is 3. The first-order valence-electron chi connectivity index (χ1n) is 7.86. The molecule has 0 saturated heterocycles. The Balaban J connectivity index is 2.08. The van der Waals surface area contributed by atoms with Crippen LogP contribution in [-0.2, 0) is 4.79 Å². The van der Waals surface area contributed by atoms with Crippen LogP contribution in [0.25, 0.3) is 0 Å². The molecule has 0 bridgehead atoms. The molecule has 1 saturated carbocycles. The maximum absolute atomic E-state index is 12.6. The highest BCUT2D eigenvalue weighted by molar-refractivity contribution is 5.85. The number of nitrogens with zero attached hydrogens (tertiary/aromatic N) is 1. The van der Waals surface area contributed by atoms with E-state index in [4.69, 9.17) is 0 Å². The SMILES string of the molecule is Cc1ccc(C(C)NC(=O)C2(C#N)CCCCCC2)cc1. The van der Waals surface area contributed by atoms with Crippen molar-refractivity contribution in [2.24, 2.45) is 5.41 Å². The number of hydrogen-bond donors (Lipinski definition) is 1. The highest BCUT2D eigenvalue weighted by Gasteiger charge is 2.39. The van der Waals surface area contributed by atoms with E-state index in [2.05, 4.69) is 11.4 Å². The first-order valence-corrected chi connectivity index (χ1v) is 7.86. The predicted molar refractivity (Wildman–Crippen MR) is 83.5 cm³/mol. The van der Waals surface area contributed by atoms with Gasteiger partial charge >= 0.3 is 0 Å². The smallest absolute Gasteiger partial charge is 0.240 e. The quantitative estimate of drug-likeness (QED) is 0.852. The Morgan fingerprint density at radius 1 is 1.19 bits per heavy atom. The van der Waals surface area contributed by atoms with Crippen molar-refractivity contribution in [3.05, 3.63) is 35.4 Å². The lowest BCUT2D eigenvalue weighted by molar-refractivity contribution is -0.129. The summed E-state index contributed by atoms with van der Waals surface area (Å²) in [5, 5.41) is 12.6. The van der Waals surface area contributed by atoms with E-state index in [1.807, 2.05) is 38.1 Å². The first kappa shape index (κ1) is 15.6. The zero-order valence-corrected chi connectivity index (χ0v) is 13.0. The first-order chi connectivity index (χ1) is 10.1. The van der Waals surface area contributed by atoms with Gasteiger partial charge in [-0.3, -0.25) is 4.79 Å². The average Bonchev–Trinajstić information content (AvgIpc) is 2.74. The Bertz CT molecular complexity index is 519. The molecule has 1 aromatic rings. The zero-order valence-electron chi connectivity index (χ0n) is 13.0. The Morgan fingerprint density at radius 3 is 2.29 bits per heavy atom. The second-order valence-corrected chi connectivity index (χ2v) is 6.21. The summed E-state index contributed by atoms with van der Waals surface area (Å²) in [5.74, 6) is -0.0972. The summed E-state index contributed by atoms with van der Waals surface area (Å²) in [6.45, 7) is 4.02. The zero-order chi connectivity index (χ0) is 15.3. The van der Waals surface area contributed by atoms with E-state index >= 15 is 0 Å². The topological polar surface area (TPSA) is 52.9 Å². The normalized spacial score (nSPS) is 19.1. The molecule has 1 fully saturated rings. The fraction of sp³-hybridized carbons (Fsp3) is 0.556. The maximum Gasteiger partial charge on any atom is 0.240 e. The van der Waals surface area contributed by atoms with Crippen LogP contribution < -0.4 is 5.32 Å². The van der Waals surface area contributed by atoms with Crippen LogP contribution in [0.3, 0.4) is 0 Å². The van der Waals surface area contributed by atoms with Gasteiger partial charge in [0.2, 0.25) is 5.91 Å². The van der Waals surface area contributed by atoms with Crippen molar-refractivity contribution >= 4 is 5.91 Å². The van der Waals surface area contributed by atoms with Gasteiger partial charge in [-0.2, -0.15) is 5.26 Å². The molecular formula is C18H24N2O. The highest BCUT2D eigenvalue weighted by Crippen LogP contribution is 2.35. The number of amides is 1. The molecule has 112 valence electrons. The number of hydrogen-bond acceptors (Lipinski definition) is 2. The van der Waals surface area contributed by atoms with Crippen LogP contribution in [0.1, 0.15) is 62.6 Å². The molecule has 0 heterocycles. The summed E-state index contributed by atoms with van der Waals surface area (Å²) in [6.07, 6.45) is 5.58. The van der Waals surface area contributed by atoms with Gasteiger partial charge in [0.05, 0.1) is 12.1 Å². The minimum Gasteiger partial charge on any atom is -0.348 e. The lowest BCUT2D eigenvalue weighted by Gasteiger charge is -2.26. The van der Waals surface area contributed by atoms with E-state index in [9.17, 15) is 10.1 Å². The van der Waals surface area contributed by atoms with Gasteiger partial charge in [0.15, 0.2) is 0 Å². The molecule has 0 spiro atoms. The second-order valence-electron chi connectivity index (χ2n) is 6.21. The van der Waals surface area contributed by atoms with Crippen molar-refractivity contribution in [2.45, 2.75) is 58.4 Å². The molecule has 0 aliphatic heterocycles. The molecule has 3 heteroatoms. The minimum atomic E-state index is -0.824. The lowest BCUT2D eigenvalue weighted by atomic mass is 9.80. The molecule has 1 unspecified atom stereocenters. The van der Waals surface area contributed by atoms with Gasteiger partial charge in [0.25, 0.3) is 0 Å². The number of carbonyl (C=O) groups is 1. The van der Waals surface area contributed by atoms with Crippen molar-refractivity contribution in [3.63, 3.8) is 0 Å². The van der Waals surface area contributed by atoms with E-state index in [1.54, 1.807) is 0 Å². The van der Waals surface area contributed by atoms with E-state index in [0.717, 1.165) is 31.2 Å². The number of benzene rings is 1. The third-order valence-electron chi connectivity index (χ3n) is 4.53. The summed E-state index contributed by atoms with van der Waals surface area (Å²) >= 11 is 0. The Morgan fingerprint density at radius 2 is 1.76 bits per heavy atom. The second kappa shape index (κ2) is 6.76. The Labute approximate surface area is 127 Å². The molecular weight excluding hydrogens is 260 g/mol. The minimum absolute atomic E-state index is 0.0634. The fourth-order valence-corrected chi connectivity index (χ4v) is 2.99. The van der Waals surface area contributed by atoms with Crippen LogP contribution >= 0.6 is 0 Å². The molecule has 21 heavy (non-hydrogen) atoms. The van der Waals surface area contributed by atoms with Gasteiger partial charge in [-0.15, -0.1) is 0 Å². The van der Waals surface area contributed by atoms with Crippen LogP contribution in [0.5, 0.6) is 0 Å². The predicted octanol–water partition coefficient (Wildman–Crippen LogP) is 4.04. The number of aryl methyl sites for hydroxylation is 1. The molecule has 1 atom stereocenters. The third-order valence-corrected chi connectivity index (χ3v) is 4.53. The average molecular weight is 284 g/mol. The largest absolute Gasteiger partial charge is 0.348 e. The van der Waals surface area contributed by atoms with Gasteiger partial charge in [0, 0.05) is 0 Å². The number of carbonyl (C=O) groups excluding carboxylic acids is 1. The van der Waals surface area contributed by atoms with Gasteiger partial charge in [-0.1, -0.05) is 55.5 Å². The van der Waals surface area contributed by atoms with Crippen molar-refractivity contribution in [1.82, 2.24) is 5.32 Å². The van der Waals surface area contributed by atoms with E-state index in [-0.39, 0.29) is 11.9 Å². The molecule has 1 aromatic carbocycles. The summed E-state index contributed by atoms with van der Waals surface area (Å²) in [6, 6.07) is 10.4. The monoisotopic (exact) mass is 284 g/mol. The van der Waals surface area contributed by atoms with Crippen molar-refractivity contribution in [3.8, 4) is 6.07 Å². The standard InChI is InChI=1S/C18H24N2O/c1-14-7-9-16(10-8-14)15(2)20-17(21)18(13-19)11-5-3-4-6-12-18/h7-10,15H,3-6,11-12H2,1-2H3,(H,20,21). The van der Waals surface area contributed by atoms with E-state index in [0.29, 0.717) is 12.8 Å². The summed E-state index contributed by atoms with van der Waals surface area (Å²) in [7, 11) is 0. The van der Waals surface area contributed by atoms with E-state index < -0.39 is 5.41 Å². The molecule has 1 amide bonds. The maximum atomic E-state index is 12.6. The van der Waals surface area contributed by atoms with Gasteiger partial charge < -0.3 is 5.32 Å². The fourth-order valence-electron chi connectivity index (χ4n) is 2.99. The van der Waals surface area contributed by atoms with Crippen LogP contribution in [-0.4, -0.2) is 5.91 Å². The molecule has 1 aliphatic rings. The van der Waals surface area contributed by atoms with Gasteiger partial charge in [-0.05, 0) is 32.3 Å². The Hall–Kier alpha value is -1.82. The molecule has 0 radical (unpaired) electrons. The van der Waals surface area contributed by atoms with Crippen LogP contribution in [0.2, 0.25) is 0 Å². The Kier molecular flexibility index (Phi) is 5.01. The number of nitriles is 1.